The van der Waals surface area contributed by atoms with Crippen molar-refractivity contribution in [2.75, 3.05) is 7.11 Å². The van der Waals surface area contributed by atoms with Gasteiger partial charge in [0.2, 0.25) is 0 Å². The largest absolute Gasteiger partial charge is 0.460 e. The van der Waals surface area contributed by atoms with Gasteiger partial charge in [0.15, 0.2) is 23.3 Å². The van der Waals surface area contributed by atoms with Gasteiger partial charge in [-0.3, -0.25) is 4.79 Å². The van der Waals surface area contributed by atoms with E-state index in [1.807, 2.05) is 6.07 Å². The van der Waals surface area contributed by atoms with E-state index in [-0.39, 0.29) is 0 Å². The Morgan fingerprint density at radius 1 is 1.08 bits per heavy atom. The maximum Gasteiger partial charge on any atom is 0.311 e. The number of nitrogens with zero attached hydrogens (tertiary/aromatic N) is 1. The van der Waals surface area contributed by atoms with E-state index >= 15 is 0 Å². The first-order valence-corrected chi connectivity index (χ1v) is 7.07. The topological polar surface area (TPSA) is 59.3 Å². The van der Waals surface area contributed by atoms with Crippen molar-refractivity contribution in [3.63, 3.8) is 0 Å². The molecule has 0 amide bonds. The number of carbonyl (C=O) groups is 1. The Balaban J connectivity index is 2.20. The lowest BCUT2D eigenvalue weighted by Crippen LogP contribution is -2.15. The number of nitriles is 1. The zero-order chi connectivity index (χ0) is 18.2. The molecule has 0 aromatic heterocycles. The van der Waals surface area contributed by atoms with Crippen LogP contribution in [-0.2, 0) is 27.5 Å². The number of esters is 1. The van der Waals surface area contributed by atoms with Gasteiger partial charge in [0.05, 0.1) is 35.6 Å². The van der Waals surface area contributed by atoms with E-state index in [1.54, 1.807) is 13.8 Å². The highest BCUT2D eigenvalue weighted by Crippen LogP contribution is 2.58. The Morgan fingerprint density at radius 3 is 1.92 bits per heavy atom. The molecule has 1 fully saturated rings. The normalized spacial score (nSPS) is 21.2. The second kappa shape index (κ2) is 6.40. The van der Waals surface area contributed by atoms with E-state index in [0.717, 1.165) is 7.11 Å². The number of carbonyl (C=O) groups excluding carboxylic acids is 1. The maximum absolute atomic E-state index is 13.9. The molecule has 0 spiro atoms. The van der Waals surface area contributed by atoms with Crippen molar-refractivity contribution in [3.05, 3.63) is 34.4 Å². The van der Waals surface area contributed by atoms with Gasteiger partial charge in [-0.15, -0.1) is 0 Å². The van der Waals surface area contributed by atoms with E-state index in [2.05, 4.69) is 4.74 Å². The van der Waals surface area contributed by atoms with Crippen molar-refractivity contribution >= 4 is 5.97 Å². The number of hydrogen-bond acceptors (Lipinski definition) is 4. The van der Waals surface area contributed by atoms with Gasteiger partial charge in [0.1, 0.15) is 6.61 Å². The van der Waals surface area contributed by atoms with Crippen LogP contribution in [0.3, 0.4) is 0 Å². The van der Waals surface area contributed by atoms with Crippen molar-refractivity contribution in [3.8, 4) is 6.07 Å². The second-order valence-corrected chi connectivity index (χ2v) is 6.16. The highest BCUT2D eigenvalue weighted by molar-refractivity contribution is 5.78. The molecule has 0 aliphatic heterocycles. The molecule has 2 rings (SSSR count). The molecule has 0 bridgehead atoms. The average Bonchev–Trinajstić information content (AvgIpc) is 3.10. The molecule has 1 aromatic rings. The molecule has 0 radical (unpaired) electrons. The molecule has 0 saturated heterocycles. The van der Waals surface area contributed by atoms with E-state index in [4.69, 9.17) is 10.00 Å². The average molecular weight is 345 g/mol. The zero-order valence-electron chi connectivity index (χ0n) is 13.3. The Kier molecular flexibility index (Phi) is 4.85. The molecular formula is C16H15F4NO3. The summed E-state index contributed by atoms with van der Waals surface area (Å²) >= 11 is 0. The first-order chi connectivity index (χ1) is 11.2. The number of ether oxygens (including phenoxy) is 2. The minimum absolute atomic E-state index is 0.572. The van der Waals surface area contributed by atoms with Gasteiger partial charge in [0, 0.05) is 7.11 Å². The van der Waals surface area contributed by atoms with Crippen LogP contribution in [0.4, 0.5) is 17.6 Å². The van der Waals surface area contributed by atoms with Gasteiger partial charge in [-0.25, -0.2) is 17.6 Å². The number of halogens is 4. The van der Waals surface area contributed by atoms with Crippen LogP contribution >= 0.6 is 0 Å². The molecule has 130 valence electrons. The van der Waals surface area contributed by atoms with Crippen molar-refractivity contribution in [2.45, 2.75) is 27.1 Å². The Hall–Kier alpha value is -2.14. The van der Waals surface area contributed by atoms with Crippen molar-refractivity contribution < 1.29 is 31.8 Å². The predicted octanol–water partition coefficient (Wildman–Crippen LogP) is 3.23. The molecule has 8 heteroatoms. The molecule has 2 atom stereocenters. The summed E-state index contributed by atoms with van der Waals surface area (Å²) in [5, 5.41) is 8.90. The van der Waals surface area contributed by atoms with Gasteiger partial charge < -0.3 is 9.47 Å². The standard InChI is InChI=1S/C16H15F4NO3/c1-16(2)9(4-21)10(16)15(22)24-6-8-13(19)11(17)7(5-23-3)12(18)14(8)20/h9-10H,5-6H2,1-3H3/t9-,10-/m0/s1. The van der Waals surface area contributed by atoms with Crippen LogP contribution in [0.1, 0.15) is 25.0 Å². The van der Waals surface area contributed by atoms with Crippen LogP contribution in [0.5, 0.6) is 0 Å². The van der Waals surface area contributed by atoms with Gasteiger partial charge in [-0.05, 0) is 5.41 Å². The fraction of sp³-hybridized carbons (Fsp3) is 0.500. The molecule has 1 aliphatic carbocycles. The smallest absolute Gasteiger partial charge is 0.311 e. The summed E-state index contributed by atoms with van der Waals surface area (Å²) in [4.78, 5) is 11.9. The lowest BCUT2D eigenvalue weighted by Gasteiger charge is -2.12. The molecule has 24 heavy (non-hydrogen) atoms. The van der Waals surface area contributed by atoms with E-state index in [9.17, 15) is 22.4 Å². The molecule has 0 heterocycles. The first-order valence-electron chi connectivity index (χ1n) is 7.07. The lowest BCUT2D eigenvalue weighted by molar-refractivity contribution is -0.147. The summed E-state index contributed by atoms with van der Waals surface area (Å²) < 4.78 is 64.6. The third kappa shape index (κ3) is 2.84. The van der Waals surface area contributed by atoms with Crippen molar-refractivity contribution in [1.82, 2.24) is 0 Å². The van der Waals surface area contributed by atoms with E-state index < -0.39 is 70.8 Å². The number of hydrogen-bond donors (Lipinski definition) is 0. The maximum atomic E-state index is 13.9. The second-order valence-electron chi connectivity index (χ2n) is 6.16. The van der Waals surface area contributed by atoms with Crippen LogP contribution in [0.15, 0.2) is 0 Å². The van der Waals surface area contributed by atoms with E-state index in [1.165, 1.54) is 0 Å². The quantitative estimate of drug-likeness (QED) is 0.467. The minimum atomic E-state index is -1.64. The Bertz CT molecular complexity index is 698. The summed E-state index contributed by atoms with van der Waals surface area (Å²) in [6.45, 7) is 1.73. The molecule has 1 aliphatic rings. The van der Waals surface area contributed by atoms with Gasteiger partial charge >= 0.3 is 5.97 Å². The zero-order valence-corrected chi connectivity index (χ0v) is 13.3. The van der Waals surface area contributed by atoms with Crippen molar-refractivity contribution in [2.24, 2.45) is 17.3 Å². The first kappa shape index (κ1) is 18.2. The molecule has 1 saturated carbocycles. The fourth-order valence-electron chi connectivity index (χ4n) is 2.67. The van der Waals surface area contributed by atoms with Gasteiger partial charge in [0.25, 0.3) is 0 Å². The SMILES string of the molecule is COCc1c(F)c(F)c(COC(=O)[C@@H]2[C@H](C#N)C2(C)C)c(F)c1F. The van der Waals surface area contributed by atoms with Crippen LogP contribution < -0.4 is 0 Å². The van der Waals surface area contributed by atoms with Crippen LogP contribution in [0.2, 0.25) is 0 Å². The molecule has 4 nitrogen and oxygen atoms in total. The van der Waals surface area contributed by atoms with Crippen LogP contribution in [-0.4, -0.2) is 13.1 Å². The monoisotopic (exact) mass is 345 g/mol. The summed E-state index contributed by atoms with van der Waals surface area (Å²) in [5.41, 5.74) is -2.51. The molecule has 0 unspecified atom stereocenters. The highest BCUT2D eigenvalue weighted by Gasteiger charge is 2.63. The Morgan fingerprint density at radius 2 is 1.54 bits per heavy atom. The summed E-state index contributed by atoms with van der Waals surface area (Å²) in [5.74, 6) is -8.62. The summed E-state index contributed by atoms with van der Waals surface area (Å²) in [6.07, 6.45) is 0. The molecule has 1 aromatic carbocycles. The Labute approximate surface area is 136 Å². The van der Waals surface area contributed by atoms with Gasteiger partial charge in [-0.2, -0.15) is 5.26 Å². The predicted molar refractivity (Wildman–Crippen MR) is 73.2 cm³/mol. The van der Waals surface area contributed by atoms with E-state index in [0.29, 0.717) is 0 Å². The molecule has 0 N–H and O–H groups in total. The van der Waals surface area contributed by atoms with Crippen LogP contribution in [0, 0.1) is 51.9 Å². The van der Waals surface area contributed by atoms with Crippen LogP contribution in [0.25, 0.3) is 0 Å². The highest BCUT2D eigenvalue weighted by atomic mass is 19.2. The number of rotatable bonds is 5. The van der Waals surface area contributed by atoms with Gasteiger partial charge in [-0.1, -0.05) is 13.8 Å². The lowest BCUT2D eigenvalue weighted by atomic mass is 10.1. The third-order valence-electron chi connectivity index (χ3n) is 4.31. The minimum Gasteiger partial charge on any atom is -0.460 e. The summed E-state index contributed by atoms with van der Waals surface area (Å²) in [7, 11) is 1.12. The number of methoxy groups -OCH3 is 1. The van der Waals surface area contributed by atoms with Crippen molar-refractivity contribution in [1.29, 1.82) is 5.26 Å². The summed E-state index contributed by atoms with van der Waals surface area (Å²) in [6, 6.07) is 1.94. The number of benzene rings is 1. The third-order valence-corrected chi connectivity index (χ3v) is 4.31. The fourth-order valence-corrected chi connectivity index (χ4v) is 2.67. The molecular weight excluding hydrogens is 330 g/mol.